The lowest BCUT2D eigenvalue weighted by atomic mass is 10.2. The van der Waals surface area contributed by atoms with Gasteiger partial charge in [-0.2, -0.15) is 0 Å². The zero-order valence-corrected chi connectivity index (χ0v) is 15.3. The van der Waals surface area contributed by atoms with Gasteiger partial charge < -0.3 is 19.5 Å². The third kappa shape index (κ3) is 5.57. The molecule has 1 atom stereocenters. The number of benzene rings is 1. The minimum absolute atomic E-state index is 0.227. The Bertz CT molecular complexity index is 662. The van der Waals surface area contributed by atoms with Crippen LogP contribution in [0.2, 0.25) is 0 Å². The fraction of sp³-hybridized carbons (Fsp3) is 0.533. The number of amides is 1. The molecule has 1 amide bonds. The predicted octanol–water partition coefficient (Wildman–Crippen LogP) is 0.621. The van der Waals surface area contributed by atoms with Crippen LogP contribution in [-0.4, -0.2) is 61.1 Å². The molecule has 0 bridgehead atoms. The number of nitrogens with zero attached hydrogens (tertiary/aromatic N) is 1. The molecule has 0 radical (unpaired) electrons. The largest absolute Gasteiger partial charge is 0.493 e. The van der Waals surface area contributed by atoms with Gasteiger partial charge in [-0.15, -0.1) is 0 Å². The van der Waals surface area contributed by atoms with E-state index in [1.165, 1.54) is 27.4 Å². The van der Waals surface area contributed by atoms with Gasteiger partial charge >= 0.3 is 0 Å². The monoisotopic (exact) mass is 360 g/mol. The van der Waals surface area contributed by atoms with E-state index in [2.05, 4.69) is 5.32 Å². The minimum Gasteiger partial charge on any atom is -0.493 e. The molecule has 0 heterocycles. The maximum absolute atomic E-state index is 12.1. The van der Waals surface area contributed by atoms with Gasteiger partial charge in [-0.05, 0) is 19.1 Å². The van der Waals surface area contributed by atoms with Crippen molar-refractivity contribution in [2.24, 2.45) is 0 Å². The summed E-state index contributed by atoms with van der Waals surface area (Å²) in [4.78, 5) is 12.1. The number of carbonyl (C=O) groups excluding carboxylic acids is 1. The smallest absolute Gasteiger partial charge is 0.241 e. The number of hydrogen-bond acceptors (Lipinski definition) is 6. The van der Waals surface area contributed by atoms with Gasteiger partial charge in [0.15, 0.2) is 11.5 Å². The van der Waals surface area contributed by atoms with Gasteiger partial charge in [0, 0.05) is 19.2 Å². The molecule has 0 unspecified atom stereocenters. The van der Waals surface area contributed by atoms with Gasteiger partial charge in [0.25, 0.3) is 0 Å². The van der Waals surface area contributed by atoms with E-state index < -0.39 is 15.9 Å². The molecule has 0 aliphatic rings. The summed E-state index contributed by atoms with van der Waals surface area (Å²) in [6.07, 6.45) is 1.04. The maximum Gasteiger partial charge on any atom is 0.241 e. The highest BCUT2D eigenvalue weighted by atomic mass is 32.2. The Kier molecular flexibility index (Phi) is 7.30. The van der Waals surface area contributed by atoms with Crippen LogP contribution >= 0.6 is 0 Å². The van der Waals surface area contributed by atoms with Crippen molar-refractivity contribution in [1.82, 2.24) is 5.32 Å². The number of carbonyl (C=O) groups is 1. The molecule has 1 N–H and O–H groups in total. The minimum atomic E-state index is -3.66. The van der Waals surface area contributed by atoms with E-state index in [4.69, 9.17) is 14.2 Å². The molecule has 0 aromatic heterocycles. The summed E-state index contributed by atoms with van der Waals surface area (Å²) in [5.74, 6) is 0.407. The molecule has 9 heteroatoms. The van der Waals surface area contributed by atoms with Crippen molar-refractivity contribution in [2.75, 3.05) is 45.0 Å². The second-order valence-corrected chi connectivity index (χ2v) is 7.14. The number of methoxy groups -OCH3 is 3. The summed E-state index contributed by atoms with van der Waals surface area (Å²) < 4.78 is 40.4. The maximum atomic E-state index is 12.1. The zero-order valence-electron chi connectivity index (χ0n) is 14.5. The van der Waals surface area contributed by atoms with E-state index in [9.17, 15) is 13.2 Å². The van der Waals surface area contributed by atoms with Crippen LogP contribution in [0.25, 0.3) is 0 Å². The number of hydrogen-bond donors (Lipinski definition) is 1. The van der Waals surface area contributed by atoms with Crippen molar-refractivity contribution >= 4 is 21.6 Å². The predicted molar refractivity (Wildman–Crippen MR) is 91.2 cm³/mol. The summed E-state index contributed by atoms with van der Waals surface area (Å²) in [6.45, 7) is 1.76. The van der Waals surface area contributed by atoms with Crippen LogP contribution in [0.15, 0.2) is 18.2 Å². The molecular formula is C15H24N2O6S. The van der Waals surface area contributed by atoms with Gasteiger partial charge in [0.2, 0.25) is 15.9 Å². The summed E-state index contributed by atoms with van der Waals surface area (Å²) in [5, 5.41) is 2.68. The zero-order chi connectivity index (χ0) is 18.3. The highest BCUT2D eigenvalue weighted by molar-refractivity contribution is 7.92. The quantitative estimate of drug-likeness (QED) is 0.694. The van der Waals surface area contributed by atoms with Crippen LogP contribution in [0.4, 0.5) is 5.69 Å². The molecule has 24 heavy (non-hydrogen) atoms. The molecule has 0 saturated heterocycles. The van der Waals surface area contributed by atoms with E-state index >= 15 is 0 Å². The van der Waals surface area contributed by atoms with Crippen molar-refractivity contribution in [3.63, 3.8) is 0 Å². The molecule has 1 rings (SSSR count). The van der Waals surface area contributed by atoms with Crippen molar-refractivity contribution < 1.29 is 27.4 Å². The van der Waals surface area contributed by atoms with Crippen LogP contribution in [0.3, 0.4) is 0 Å². The topological polar surface area (TPSA) is 94.2 Å². The number of sulfonamides is 1. The molecule has 0 aliphatic carbocycles. The average Bonchev–Trinajstić information content (AvgIpc) is 2.51. The van der Waals surface area contributed by atoms with Crippen LogP contribution in [0.5, 0.6) is 11.5 Å². The summed E-state index contributed by atoms with van der Waals surface area (Å²) >= 11 is 0. The third-order valence-electron chi connectivity index (χ3n) is 3.17. The Labute approximate surface area is 142 Å². The normalized spacial score (nSPS) is 12.4. The molecule has 0 spiro atoms. The lowest BCUT2D eigenvalue weighted by molar-refractivity contribution is -0.120. The van der Waals surface area contributed by atoms with Crippen molar-refractivity contribution in [1.29, 1.82) is 0 Å². The first-order valence-electron chi connectivity index (χ1n) is 7.21. The molecule has 136 valence electrons. The van der Waals surface area contributed by atoms with Gasteiger partial charge in [-0.3, -0.25) is 9.10 Å². The number of anilines is 1. The first-order chi connectivity index (χ1) is 11.2. The SMILES string of the molecule is COC[C@H](C)NC(=O)CN(c1ccc(OC)c(OC)c1)S(C)(=O)=O. The molecule has 0 fully saturated rings. The molecule has 0 saturated carbocycles. The highest BCUT2D eigenvalue weighted by Gasteiger charge is 2.23. The van der Waals surface area contributed by atoms with Crippen LogP contribution < -0.4 is 19.1 Å². The molecule has 1 aromatic carbocycles. The average molecular weight is 360 g/mol. The Morgan fingerprint density at radius 3 is 2.33 bits per heavy atom. The van der Waals surface area contributed by atoms with E-state index in [-0.39, 0.29) is 12.6 Å². The van der Waals surface area contributed by atoms with Gasteiger partial charge in [-0.25, -0.2) is 8.42 Å². The summed E-state index contributed by atoms with van der Waals surface area (Å²) in [7, 11) is 0.795. The summed E-state index contributed by atoms with van der Waals surface area (Å²) in [5.41, 5.74) is 0.310. The Morgan fingerprint density at radius 1 is 1.21 bits per heavy atom. The highest BCUT2D eigenvalue weighted by Crippen LogP contribution is 2.32. The van der Waals surface area contributed by atoms with Crippen molar-refractivity contribution in [2.45, 2.75) is 13.0 Å². The lowest BCUT2D eigenvalue weighted by Gasteiger charge is -2.23. The standard InChI is InChI=1S/C15H24N2O6S/c1-11(10-21-2)16-15(18)9-17(24(5,19)20)12-6-7-13(22-3)14(8-12)23-4/h6-8,11H,9-10H2,1-5H3,(H,16,18)/t11-/m0/s1. The summed E-state index contributed by atoms with van der Waals surface area (Å²) in [6, 6.07) is 4.41. The second-order valence-electron chi connectivity index (χ2n) is 5.23. The van der Waals surface area contributed by atoms with Crippen molar-refractivity contribution in [3.05, 3.63) is 18.2 Å². The first kappa shape index (κ1) is 20.0. The molecular weight excluding hydrogens is 336 g/mol. The second kappa shape index (κ2) is 8.74. The Morgan fingerprint density at radius 2 is 1.83 bits per heavy atom. The van der Waals surface area contributed by atoms with E-state index in [0.29, 0.717) is 23.8 Å². The van der Waals surface area contributed by atoms with Gasteiger partial charge in [-0.1, -0.05) is 0 Å². The molecule has 1 aromatic rings. The van der Waals surface area contributed by atoms with Crippen LogP contribution in [0, 0.1) is 0 Å². The lowest BCUT2D eigenvalue weighted by Crippen LogP contribution is -2.44. The Balaban J connectivity index is 3.05. The third-order valence-corrected chi connectivity index (χ3v) is 4.31. The van der Waals surface area contributed by atoms with Crippen LogP contribution in [0.1, 0.15) is 6.92 Å². The van der Waals surface area contributed by atoms with Crippen molar-refractivity contribution in [3.8, 4) is 11.5 Å². The van der Waals surface area contributed by atoms with Gasteiger partial charge in [0.1, 0.15) is 6.54 Å². The number of rotatable bonds is 9. The van der Waals surface area contributed by atoms with Crippen LogP contribution in [-0.2, 0) is 19.6 Å². The first-order valence-corrected chi connectivity index (χ1v) is 9.05. The molecule has 0 aliphatic heterocycles. The number of nitrogens with one attached hydrogen (secondary N) is 1. The molecule has 8 nitrogen and oxygen atoms in total. The van der Waals surface area contributed by atoms with Gasteiger partial charge in [0.05, 0.1) is 32.8 Å². The van der Waals surface area contributed by atoms with E-state index in [1.54, 1.807) is 19.1 Å². The van der Waals surface area contributed by atoms with E-state index in [0.717, 1.165) is 10.6 Å². The number of ether oxygens (including phenoxy) is 3. The van der Waals surface area contributed by atoms with E-state index in [1.807, 2.05) is 0 Å². The Hall–Kier alpha value is -2.00. The fourth-order valence-corrected chi connectivity index (χ4v) is 2.97. The fourth-order valence-electron chi connectivity index (χ4n) is 2.12.